The lowest BCUT2D eigenvalue weighted by molar-refractivity contribution is -0.139. The van der Waals surface area contributed by atoms with Gasteiger partial charge in [-0.3, -0.25) is 9.59 Å². The van der Waals surface area contributed by atoms with Gasteiger partial charge in [-0.25, -0.2) is 0 Å². The van der Waals surface area contributed by atoms with E-state index in [2.05, 4.69) is 0 Å². The number of carbonyl (C=O) groups is 2. The van der Waals surface area contributed by atoms with Gasteiger partial charge in [0, 0.05) is 72.2 Å². The summed E-state index contributed by atoms with van der Waals surface area (Å²) < 4.78 is 11.0. The highest BCUT2D eigenvalue weighted by Gasteiger charge is 2.16. The van der Waals surface area contributed by atoms with Crippen LogP contribution in [-0.4, -0.2) is 120 Å². The van der Waals surface area contributed by atoms with E-state index in [1.54, 1.807) is 0 Å². The first-order valence-electron chi connectivity index (χ1n) is 9.79. The Labute approximate surface area is 185 Å². The van der Waals surface area contributed by atoms with Crippen molar-refractivity contribution in [1.29, 1.82) is 0 Å². The Bertz CT molecular complexity index is 399. The standard InChI is InChI=1S/C18H32N2O4S4/c21-17-15-23-5-6-24-16-18(22)20-3-9-27-12-11-25-7-1-19(17)2-8-26-13-14-28-10-4-20/h1-16H2. The van der Waals surface area contributed by atoms with Crippen molar-refractivity contribution >= 4 is 58.9 Å². The second kappa shape index (κ2) is 16.0. The van der Waals surface area contributed by atoms with Gasteiger partial charge in [-0.15, -0.1) is 0 Å². The molecule has 10 heteroatoms. The molecule has 0 aromatic rings. The zero-order chi connectivity index (χ0) is 19.9. The van der Waals surface area contributed by atoms with E-state index in [0.717, 1.165) is 72.2 Å². The van der Waals surface area contributed by atoms with E-state index in [4.69, 9.17) is 9.47 Å². The number of fused-ring (bicyclic) bond motifs is 21. The number of nitrogens with zero attached hydrogens (tertiary/aromatic N) is 2. The molecular formula is C18H32N2O4S4. The molecule has 0 atom stereocenters. The van der Waals surface area contributed by atoms with E-state index in [1.165, 1.54) is 0 Å². The van der Waals surface area contributed by atoms with Crippen molar-refractivity contribution in [2.24, 2.45) is 0 Å². The molecule has 0 aliphatic carbocycles. The van der Waals surface area contributed by atoms with Crippen LogP contribution in [0, 0.1) is 0 Å². The van der Waals surface area contributed by atoms with Gasteiger partial charge in [0.25, 0.3) is 0 Å². The van der Waals surface area contributed by atoms with Gasteiger partial charge >= 0.3 is 0 Å². The molecular weight excluding hydrogens is 436 g/mol. The van der Waals surface area contributed by atoms with Gasteiger partial charge in [0.1, 0.15) is 13.2 Å². The van der Waals surface area contributed by atoms with Crippen molar-refractivity contribution in [1.82, 2.24) is 9.80 Å². The van der Waals surface area contributed by atoms with Gasteiger partial charge in [0.05, 0.1) is 13.2 Å². The van der Waals surface area contributed by atoms with Crippen molar-refractivity contribution in [3.63, 3.8) is 0 Å². The third-order valence-corrected chi connectivity index (χ3v) is 8.67. The largest absolute Gasteiger partial charge is 0.369 e. The first-order valence-corrected chi connectivity index (χ1v) is 14.4. The fraction of sp³-hybridized carbons (Fsp3) is 0.889. The lowest BCUT2D eigenvalue weighted by Gasteiger charge is -2.24. The van der Waals surface area contributed by atoms with Crippen LogP contribution < -0.4 is 0 Å². The molecule has 162 valence electrons. The summed E-state index contributed by atoms with van der Waals surface area (Å²) in [4.78, 5) is 28.9. The molecule has 3 heterocycles. The van der Waals surface area contributed by atoms with Crippen LogP contribution in [-0.2, 0) is 19.1 Å². The number of thioether (sulfide) groups is 4. The number of hydrogen-bond donors (Lipinski definition) is 0. The second-order valence-electron chi connectivity index (χ2n) is 6.32. The zero-order valence-corrected chi connectivity index (χ0v) is 19.7. The summed E-state index contributed by atoms with van der Waals surface area (Å²) in [5.74, 6) is 8.23. The Hall–Kier alpha value is 0.260. The van der Waals surface area contributed by atoms with Crippen molar-refractivity contribution < 1.29 is 19.1 Å². The summed E-state index contributed by atoms with van der Waals surface area (Å²) in [6.07, 6.45) is 0. The molecule has 28 heavy (non-hydrogen) atoms. The molecule has 0 aromatic carbocycles. The van der Waals surface area contributed by atoms with Crippen molar-refractivity contribution in [2.45, 2.75) is 0 Å². The van der Waals surface area contributed by atoms with E-state index >= 15 is 0 Å². The minimum atomic E-state index is 0.0504. The monoisotopic (exact) mass is 468 g/mol. The highest BCUT2D eigenvalue weighted by molar-refractivity contribution is 8.03. The minimum absolute atomic E-state index is 0.0504. The molecule has 3 saturated heterocycles. The highest BCUT2D eigenvalue weighted by Crippen LogP contribution is 2.12. The maximum atomic E-state index is 12.5. The summed E-state index contributed by atoms with van der Waals surface area (Å²) in [6, 6.07) is 0. The molecule has 0 N–H and O–H groups in total. The predicted molar refractivity (Wildman–Crippen MR) is 124 cm³/mol. The Balaban J connectivity index is 1.99. The normalized spacial score (nSPS) is 24.1. The highest BCUT2D eigenvalue weighted by atomic mass is 32.2. The molecule has 0 spiro atoms. The van der Waals surface area contributed by atoms with Gasteiger partial charge in [0.15, 0.2) is 0 Å². The Morgan fingerprint density at radius 3 is 1.18 bits per heavy atom. The molecule has 3 aliphatic rings. The van der Waals surface area contributed by atoms with Gasteiger partial charge in [0.2, 0.25) is 11.8 Å². The molecule has 0 radical (unpaired) electrons. The van der Waals surface area contributed by atoms with E-state index in [-0.39, 0.29) is 25.0 Å². The Morgan fingerprint density at radius 2 is 0.857 bits per heavy atom. The summed E-state index contributed by atoms with van der Waals surface area (Å²) in [7, 11) is 0. The zero-order valence-electron chi connectivity index (χ0n) is 16.5. The smallest absolute Gasteiger partial charge is 0.248 e. The topological polar surface area (TPSA) is 59.1 Å². The fourth-order valence-electron chi connectivity index (χ4n) is 2.68. The van der Waals surface area contributed by atoms with E-state index < -0.39 is 0 Å². The average Bonchev–Trinajstić information content (AvgIpc) is 2.69. The average molecular weight is 469 g/mol. The van der Waals surface area contributed by atoms with Gasteiger partial charge in [-0.1, -0.05) is 0 Å². The van der Waals surface area contributed by atoms with Crippen LogP contribution in [0.1, 0.15) is 0 Å². The van der Waals surface area contributed by atoms with Crippen molar-refractivity contribution in [3.05, 3.63) is 0 Å². The summed E-state index contributed by atoms with van der Waals surface area (Å²) in [5.41, 5.74) is 0. The van der Waals surface area contributed by atoms with Crippen LogP contribution in [0.5, 0.6) is 0 Å². The van der Waals surface area contributed by atoms with Crippen molar-refractivity contribution in [2.75, 3.05) is 98.6 Å². The first kappa shape index (κ1) is 24.5. The van der Waals surface area contributed by atoms with Crippen LogP contribution >= 0.6 is 47.0 Å². The molecule has 3 fully saturated rings. The lowest BCUT2D eigenvalue weighted by Crippen LogP contribution is -2.39. The molecule has 6 nitrogen and oxygen atoms in total. The maximum absolute atomic E-state index is 12.5. The lowest BCUT2D eigenvalue weighted by atomic mass is 10.4. The van der Waals surface area contributed by atoms with Crippen LogP contribution in [0.25, 0.3) is 0 Å². The number of rotatable bonds is 0. The summed E-state index contributed by atoms with van der Waals surface area (Å²) in [6.45, 7) is 3.98. The van der Waals surface area contributed by atoms with Gasteiger partial charge in [-0.05, 0) is 0 Å². The van der Waals surface area contributed by atoms with E-state index in [9.17, 15) is 9.59 Å². The van der Waals surface area contributed by atoms with Gasteiger partial charge < -0.3 is 19.3 Å². The number of amides is 2. The van der Waals surface area contributed by atoms with E-state index in [1.807, 2.05) is 56.8 Å². The van der Waals surface area contributed by atoms with Crippen LogP contribution in [0.15, 0.2) is 0 Å². The predicted octanol–water partition coefficient (Wildman–Crippen LogP) is 1.64. The molecule has 3 rings (SSSR count). The molecule has 2 bridgehead atoms. The quantitative estimate of drug-likeness (QED) is 0.532. The van der Waals surface area contributed by atoms with Crippen molar-refractivity contribution in [3.8, 4) is 0 Å². The first-order chi connectivity index (χ1) is 13.8. The molecule has 0 unspecified atom stereocenters. The third kappa shape index (κ3) is 10.9. The number of hydrogen-bond acceptors (Lipinski definition) is 8. The fourth-order valence-corrected chi connectivity index (χ4v) is 6.78. The van der Waals surface area contributed by atoms with Crippen LogP contribution in [0.3, 0.4) is 0 Å². The van der Waals surface area contributed by atoms with Crippen LogP contribution in [0.2, 0.25) is 0 Å². The van der Waals surface area contributed by atoms with Gasteiger partial charge in [-0.2, -0.15) is 47.0 Å². The summed E-state index contributed by atoms with van der Waals surface area (Å²) >= 11 is 7.59. The third-order valence-electron chi connectivity index (χ3n) is 4.29. The minimum Gasteiger partial charge on any atom is -0.369 e. The Morgan fingerprint density at radius 1 is 0.536 bits per heavy atom. The molecule has 0 aromatic heterocycles. The Kier molecular flexibility index (Phi) is 14.0. The molecule has 2 amide bonds. The summed E-state index contributed by atoms with van der Waals surface area (Å²) in [5, 5.41) is 0. The number of carbonyl (C=O) groups excluding carboxylic acids is 2. The second-order valence-corrected chi connectivity index (χ2v) is 11.2. The van der Waals surface area contributed by atoms with Crippen LogP contribution in [0.4, 0.5) is 0 Å². The molecule has 0 saturated carbocycles. The maximum Gasteiger partial charge on any atom is 0.248 e. The SMILES string of the molecule is O=C1COCCOCC(=O)N2CCSCCSCCN1CCSCCSCC2. The van der Waals surface area contributed by atoms with E-state index in [0.29, 0.717) is 13.2 Å². The number of ether oxygens (including phenoxy) is 2. The molecule has 3 aliphatic heterocycles.